The molecular weight excluding hydrogens is 294 g/mol. The van der Waals surface area contributed by atoms with Crippen molar-refractivity contribution in [2.75, 3.05) is 12.4 Å². The van der Waals surface area contributed by atoms with Gasteiger partial charge in [0.05, 0.1) is 6.61 Å². The molecule has 0 spiro atoms. The maximum Gasteiger partial charge on any atom is 1.00 e. The summed E-state index contributed by atoms with van der Waals surface area (Å²) in [6.07, 6.45) is 9.32. The third-order valence-electron chi connectivity index (χ3n) is 2.49. The predicted octanol–water partition coefficient (Wildman–Crippen LogP) is 1.49. The average Bonchev–Trinajstić information content (AvgIpc) is 2.28. The molecule has 1 unspecified atom stereocenters. The molecule has 0 radical (unpaired) electrons. The quantitative estimate of drug-likeness (QED) is 0.310. The van der Waals surface area contributed by atoms with E-state index in [0.717, 1.165) is 25.0 Å². The maximum atomic E-state index is 11.8. The molecule has 0 fully saturated rings. The van der Waals surface area contributed by atoms with Crippen LogP contribution < -0.4 is 34.5 Å². The molecule has 0 bridgehead atoms. The summed E-state index contributed by atoms with van der Waals surface area (Å²) in [5.74, 6) is 0.871. The fraction of sp³-hybridized carbons (Fsp3) is 1.00. The molecule has 0 aliphatic rings. The van der Waals surface area contributed by atoms with Crippen LogP contribution in [0.4, 0.5) is 0 Å². The van der Waals surface area contributed by atoms with E-state index < -0.39 is 5.69 Å². The molecule has 0 saturated carbocycles. The molecule has 0 aromatic rings. The number of rotatable bonds is 12. The van der Waals surface area contributed by atoms with Crippen molar-refractivity contribution in [3.05, 3.63) is 0 Å². The van der Waals surface area contributed by atoms with Crippen LogP contribution >= 0.6 is 17.1 Å². The molecule has 2 nitrogen and oxygen atoms in total. The summed E-state index contributed by atoms with van der Waals surface area (Å²) >= 11 is 6.34. The molecule has 0 aromatic heterocycles. The summed E-state index contributed by atoms with van der Waals surface area (Å²) in [5.41, 5.74) is -2.79. The third kappa shape index (κ3) is 16.0. The van der Waals surface area contributed by atoms with E-state index in [1.807, 2.05) is 0 Å². The van der Waals surface area contributed by atoms with Crippen molar-refractivity contribution in [2.24, 2.45) is 0 Å². The van der Waals surface area contributed by atoms with E-state index in [9.17, 15) is 4.89 Å². The Morgan fingerprint density at radius 1 is 1.00 bits per heavy atom. The van der Waals surface area contributed by atoms with Crippen LogP contribution in [0.25, 0.3) is 0 Å². The Morgan fingerprint density at radius 3 is 2.11 bits per heavy atom. The first-order chi connectivity index (χ1) is 8.12. The summed E-state index contributed by atoms with van der Waals surface area (Å²) in [4.78, 5) is 11.8. The van der Waals surface area contributed by atoms with Gasteiger partial charge in [-0.15, -0.1) is 11.4 Å². The fourth-order valence-electron chi connectivity index (χ4n) is 1.45. The van der Waals surface area contributed by atoms with Gasteiger partial charge in [-0.3, -0.25) is 0 Å². The molecular formula is C12H26NaO2PS2. The summed E-state index contributed by atoms with van der Waals surface area (Å²) in [7, 11) is 0. The Morgan fingerprint density at radius 2 is 1.56 bits per heavy atom. The zero-order valence-electron chi connectivity index (χ0n) is 12.2. The number of hydrogen-bond acceptors (Lipinski definition) is 4. The SMILES string of the molecule is CCCCCCOP([O-])(=S)SCCCCCC.[Na+]. The van der Waals surface area contributed by atoms with Crippen molar-refractivity contribution in [2.45, 2.75) is 65.2 Å². The van der Waals surface area contributed by atoms with Gasteiger partial charge in [0.15, 0.2) is 0 Å². The minimum atomic E-state index is -2.79. The predicted molar refractivity (Wildman–Crippen MR) is 81.0 cm³/mol. The normalized spacial score (nSPS) is 13.9. The third-order valence-corrected chi connectivity index (χ3v) is 6.86. The number of hydrogen-bond donors (Lipinski definition) is 0. The van der Waals surface area contributed by atoms with E-state index in [-0.39, 0.29) is 29.6 Å². The van der Waals surface area contributed by atoms with Crippen molar-refractivity contribution in [1.82, 2.24) is 0 Å². The Kier molecular flexibility index (Phi) is 18.9. The molecule has 0 saturated heterocycles. The molecule has 0 aromatic carbocycles. The maximum absolute atomic E-state index is 11.8. The van der Waals surface area contributed by atoms with E-state index in [1.165, 1.54) is 43.5 Å². The monoisotopic (exact) mass is 320 g/mol. The summed E-state index contributed by atoms with van der Waals surface area (Å²) < 4.78 is 5.32. The van der Waals surface area contributed by atoms with Crippen LogP contribution in [0.1, 0.15) is 65.2 Å². The molecule has 0 N–H and O–H groups in total. The van der Waals surface area contributed by atoms with E-state index in [4.69, 9.17) is 16.3 Å². The van der Waals surface area contributed by atoms with E-state index in [1.54, 1.807) is 0 Å². The molecule has 6 heteroatoms. The summed E-state index contributed by atoms with van der Waals surface area (Å²) in [6, 6.07) is 0. The van der Waals surface area contributed by atoms with Gasteiger partial charge in [0.1, 0.15) is 0 Å². The molecule has 0 rings (SSSR count). The van der Waals surface area contributed by atoms with Gasteiger partial charge in [-0.25, -0.2) is 0 Å². The largest absolute Gasteiger partial charge is 1.00 e. The van der Waals surface area contributed by atoms with Crippen LogP contribution in [0.3, 0.4) is 0 Å². The zero-order valence-corrected chi connectivity index (χ0v) is 16.7. The van der Waals surface area contributed by atoms with Crippen LogP contribution in [0.15, 0.2) is 0 Å². The van der Waals surface area contributed by atoms with Crippen LogP contribution in [-0.4, -0.2) is 12.4 Å². The Balaban J connectivity index is 0. The molecule has 0 heterocycles. The van der Waals surface area contributed by atoms with Crippen LogP contribution in [0, 0.1) is 0 Å². The van der Waals surface area contributed by atoms with Crippen molar-refractivity contribution >= 4 is 28.9 Å². The minimum absolute atomic E-state index is 0. The first-order valence-corrected chi connectivity index (χ1v) is 11.0. The van der Waals surface area contributed by atoms with Gasteiger partial charge in [-0.05, 0) is 18.6 Å². The Labute approximate surface area is 144 Å². The molecule has 0 aliphatic heterocycles. The standard InChI is InChI=1S/C12H27O2PS2.Na/c1-3-5-7-9-11-14-15(13,16)17-12-10-8-6-4-2;/h3-12H2,1-2H3,(H,13,16);/q;+1/p-1. The minimum Gasteiger partial charge on any atom is -0.793 e. The van der Waals surface area contributed by atoms with Gasteiger partial charge in [0.2, 0.25) is 0 Å². The summed E-state index contributed by atoms with van der Waals surface area (Å²) in [5, 5.41) is 0. The summed E-state index contributed by atoms with van der Waals surface area (Å²) in [6.45, 7) is 4.91. The first kappa shape index (κ1) is 22.2. The van der Waals surface area contributed by atoms with Crippen molar-refractivity contribution in [3.63, 3.8) is 0 Å². The molecule has 0 amide bonds. The number of unbranched alkanes of at least 4 members (excludes halogenated alkanes) is 6. The van der Waals surface area contributed by atoms with E-state index >= 15 is 0 Å². The van der Waals surface area contributed by atoms with Crippen molar-refractivity contribution in [3.8, 4) is 0 Å². The van der Waals surface area contributed by atoms with Crippen LogP contribution in [0.2, 0.25) is 0 Å². The van der Waals surface area contributed by atoms with E-state index in [2.05, 4.69) is 13.8 Å². The van der Waals surface area contributed by atoms with Gasteiger partial charge in [-0.2, -0.15) is 0 Å². The van der Waals surface area contributed by atoms with Crippen molar-refractivity contribution in [1.29, 1.82) is 0 Å². The fourth-order valence-corrected chi connectivity index (χ4v) is 4.83. The van der Waals surface area contributed by atoms with Crippen LogP contribution in [0.5, 0.6) is 0 Å². The first-order valence-electron chi connectivity index (χ1n) is 6.72. The topological polar surface area (TPSA) is 32.3 Å². The smallest absolute Gasteiger partial charge is 0.793 e. The average molecular weight is 320 g/mol. The van der Waals surface area contributed by atoms with E-state index in [0.29, 0.717) is 6.61 Å². The second-order valence-electron chi connectivity index (χ2n) is 4.23. The van der Waals surface area contributed by atoms with Gasteiger partial charge in [-0.1, -0.05) is 64.2 Å². The second-order valence-corrected chi connectivity index (χ2v) is 10.4. The van der Waals surface area contributed by atoms with Gasteiger partial charge < -0.3 is 9.42 Å². The Bertz CT molecular complexity index is 200. The zero-order chi connectivity index (χ0) is 13.0. The van der Waals surface area contributed by atoms with Crippen molar-refractivity contribution < 1.29 is 39.0 Å². The molecule has 1 atom stereocenters. The Hall–Kier alpha value is 1.92. The second kappa shape index (κ2) is 15.3. The molecule has 18 heavy (non-hydrogen) atoms. The molecule has 0 aliphatic carbocycles. The van der Waals surface area contributed by atoms with Gasteiger partial charge in [0, 0.05) is 5.69 Å². The van der Waals surface area contributed by atoms with Gasteiger partial charge >= 0.3 is 29.6 Å². The van der Waals surface area contributed by atoms with Crippen LogP contribution in [-0.2, 0) is 16.3 Å². The molecule has 104 valence electrons. The van der Waals surface area contributed by atoms with Gasteiger partial charge in [0.25, 0.3) is 0 Å².